The second-order valence-electron chi connectivity index (χ2n) is 0. The molecule has 0 heterocycles. The van der Waals surface area contributed by atoms with Gasteiger partial charge in [0.15, 0.2) is 0 Å². The van der Waals surface area contributed by atoms with Crippen molar-refractivity contribution in [2.75, 3.05) is 0 Å². The van der Waals surface area contributed by atoms with Crippen LogP contribution in [0, 0.1) is 0 Å². The molecule has 0 aromatic carbocycles. The zero-order chi connectivity index (χ0) is 0. The van der Waals surface area contributed by atoms with Crippen molar-refractivity contribution in [3.05, 3.63) is 24.6 Å². The second kappa shape index (κ2) is 187. The van der Waals surface area contributed by atoms with Crippen molar-refractivity contribution in [2.24, 2.45) is 0 Å². The molecule has 8 N–H and O–H groups in total. The molecule has 5 heavy (non-hydrogen) atoms. The minimum atomic E-state index is 0. The molecule has 0 rings (SSSR count). The average molecular weight is 112 g/mol. The van der Waals surface area contributed by atoms with Crippen LogP contribution in [0.3, 0.4) is 0 Å². The molecule has 0 saturated carbocycles. The minimum Gasteiger partial charge on any atom is -0.693 e. The van der Waals surface area contributed by atoms with E-state index in [2.05, 4.69) is 0 Å². The van der Waals surface area contributed by atoms with Crippen LogP contribution >= 0.6 is 0 Å². The minimum absolute atomic E-state index is 0. The Morgan fingerprint density at radius 2 is 0.400 bits per heavy atom. The Morgan fingerprint density at radius 3 is 0.400 bits per heavy atom. The Morgan fingerprint density at radius 1 is 0.400 bits per heavy atom. The van der Waals surface area contributed by atoms with Crippen LogP contribution in [0.5, 0.6) is 0 Å². The molecule has 0 aliphatic rings. The van der Waals surface area contributed by atoms with Gasteiger partial charge in [0.1, 0.15) is 0 Å². The first kappa shape index (κ1) is 375. The van der Waals surface area contributed by atoms with Crippen LogP contribution in [0.4, 0.5) is 0 Å². The molecular weight excluding hydrogens is 104 g/mol. The summed E-state index contributed by atoms with van der Waals surface area (Å²) in [5.41, 5.74) is 0. The predicted molar refractivity (Wildman–Crippen MR) is 21.1 cm³/mol. The van der Waals surface area contributed by atoms with E-state index in [1.807, 2.05) is 0 Å². The molecule has 0 amide bonds. The molecule has 0 aromatic heterocycles. The molecule has 0 spiro atoms. The molecule has 0 aromatic rings. The number of hydrogen-bond acceptors (Lipinski definition) is 0. The summed E-state index contributed by atoms with van der Waals surface area (Å²) in [5.74, 6) is 0. The Balaban J connectivity index is 0. The van der Waals surface area contributed by atoms with Crippen molar-refractivity contribution in [1.82, 2.24) is 0 Å². The van der Waals surface area contributed by atoms with Gasteiger partial charge in [-0.25, -0.2) is 0 Å². The van der Waals surface area contributed by atoms with E-state index in [0.29, 0.717) is 0 Å². The monoisotopic (exact) mass is 112 g/mol. The van der Waals surface area contributed by atoms with E-state index in [4.69, 9.17) is 0 Å². The molecule has 4 nitrogen and oxygen atoms in total. The van der Waals surface area contributed by atoms with E-state index in [-0.39, 0.29) is 46.3 Å². The Bertz CT molecular complexity index is 3.61. The maximum Gasteiger partial charge on any atom is 4.00 e. The average Bonchev–Trinajstić information content (AvgIpc) is 0. The van der Waals surface area contributed by atoms with Crippen molar-refractivity contribution in [1.29, 1.82) is 0 Å². The van der Waals surface area contributed by atoms with Crippen molar-refractivity contribution < 1.29 is 21.7 Å². The Kier molecular flexibility index (Phi) is 14000. The van der Waals surface area contributed by atoms with Crippen LogP contribution in [0.1, 0.15) is 0 Å². The second-order valence-corrected chi connectivity index (χ2v) is 0. The fourth-order valence-corrected chi connectivity index (χ4v) is 0. The normalized spacial score (nSPS) is 0. The fraction of sp³-hybridized carbons (Fsp3) is 0. The molecule has 0 atom stereocenters. The summed E-state index contributed by atoms with van der Waals surface area (Å²) in [4.78, 5) is 0. The van der Waals surface area contributed by atoms with Crippen molar-refractivity contribution in [2.45, 2.75) is 0 Å². The van der Waals surface area contributed by atoms with Gasteiger partial charge < -0.3 is 24.6 Å². The number of nitrogens with two attached hydrogens (primary N) is 4. The van der Waals surface area contributed by atoms with Crippen LogP contribution in [-0.2, 0) is 21.7 Å². The topological polar surface area (TPSA) is 134 Å². The zero-order valence-electron chi connectivity index (χ0n) is 2.81. The molecule has 0 aliphatic carbocycles. The first-order chi connectivity index (χ1) is 0. The third-order valence-corrected chi connectivity index (χ3v) is 0. The summed E-state index contributed by atoms with van der Waals surface area (Å²) in [5, 5.41) is 0. The van der Waals surface area contributed by atoms with Gasteiger partial charge in [0, 0.05) is 0 Å². The first-order valence-electron chi connectivity index (χ1n) is 0. The van der Waals surface area contributed by atoms with Gasteiger partial charge in [-0.1, -0.05) is 0 Å². The van der Waals surface area contributed by atoms with Gasteiger partial charge in [-0.15, -0.1) is 0 Å². The van der Waals surface area contributed by atoms with Crippen LogP contribution in [-0.4, -0.2) is 0 Å². The summed E-state index contributed by atoms with van der Waals surface area (Å²) in [7, 11) is 0. The van der Waals surface area contributed by atoms with E-state index < -0.39 is 0 Å². The van der Waals surface area contributed by atoms with Gasteiger partial charge in [0.05, 0.1) is 0 Å². The Hall–Kier alpha value is 0.554. The fourth-order valence-electron chi connectivity index (χ4n) is 0. The zero-order valence-corrected chi connectivity index (χ0v) is 4.37. The van der Waals surface area contributed by atoms with E-state index in [0.717, 1.165) is 0 Å². The Labute approximate surface area is 46.9 Å². The van der Waals surface area contributed by atoms with Crippen LogP contribution in [0.2, 0.25) is 0 Å². The summed E-state index contributed by atoms with van der Waals surface area (Å²) >= 11 is 0. The SMILES string of the molecule is [NH2-].[NH2-].[NH2-].[NH2-].[Ti+4]. The largest absolute Gasteiger partial charge is 4.00 e. The third kappa shape index (κ3) is 96.7. The molecule has 0 radical (unpaired) electrons. The number of rotatable bonds is 0. The van der Waals surface area contributed by atoms with Crippen molar-refractivity contribution in [3.8, 4) is 0 Å². The van der Waals surface area contributed by atoms with E-state index in [1.54, 1.807) is 0 Å². The standard InChI is InChI=1S/4H2N.Ti/h4*1H2;/q4*-1;+4. The van der Waals surface area contributed by atoms with Crippen LogP contribution < -0.4 is 0 Å². The molecular formula is H8N4Ti. The van der Waals surface area contributed by atoms with Gasteiger partial charge >= 0.3 is 21.7 Å². The summed E-state index contributed by atoms with van der Waals surface area (Å²) < 4.78 is 0. The smallest absolute Gasteiger partial charge is 0.693 e. The third-order valence-electron chi connectivity index (χ3n) is 0. The van der Waals surface area contributed by atoms with E-state index >= 15 is 0 Å². The predicted octanol–water partition coefficient (Wildman–Crippen LogP) is 2.87. The van der Waals surface area contributed by atoms with Gasteiger partial charge in [-0.3, -0.25) is 0 Å². The summed E-state index contributed by atoms with van der Waals surface area (Å²) in [6.45, 7) is 0. The van der Waals surface area contributed by atoms with Gasteiger partial charge in [0.2, 0.25) is 0 Å². The van der Waals surface area contributed by atoms with Gasteiger partial charge in [-0.05, 0) is 0 Å². The summed E-state index contributed by atoms with van der Waals surface area (Å²) in [6, 6.07) is 0. The molecule has 5 heteroatoms. The molecule has 0 unspecified atom stereocenters. The van der Waals surface area contributed by atoms with Gasteiger partial charge in [-0.2, -0.15) is 0 Å². The van der Waals surface area contributed by atoms with Crippen LogP contribution in [0.15, 0.2) is 0 Å². The maximum atomic E-state index is 0. The molecule has 32 valence electrons. The maximum absolute atomic E-state index is 0. The molecule has 0 saturated heterocycles. The first-order valence-corrected chi connectivity index (χ1v) is 0. The number of hydrogen-bond donors (Lipinski definition) is 0. The quantitative estimate of drug-likeness (QED) is 0.425. The van der Waals surface area contributed by atoms with Crippen molar-refractivity contribution >= 4 is 0 Å². The van der Waals surface area contributed by atoms with E-state index in [1.165, 1.54) is 0 Å². The molecule has 0 bridgehead atoms. The van der Waals surface area contributed by atoms with Crippen molar-refractivity contribution in [3.63, 3.8) is 0 Å². The van der Waals surface area contributed by atoms with Gasteiger partial charge in [0.25, 0.3) is 0 Å². The molecule has 0 fully saturated rings. The molecule has 0 aliphatic heterocycles. The van der Waals surface area contributed by atoms with E-state index in [9.17, 15) is 0 Å². The summed E-state index contributed by atoms with van der Waals surface area (Å²) in [6.07, 6.45) is 0. The van der Waals surface area contributed by atoms with Crippen LogP contribution in [0.25, 0.3) is 24.6 Å².